The van der Waals surface area contributed by atoms with Crippen molar-refractivity contribution in [1.29, 1.82) is 0 Å². The maximum Gasteiger partial charge on any atom is 0.273 e. The molecule has 0 atom stereocenters. The molecular formula is C22H24N2O4. The fraction of sp³-hybridized carbons (Fsp3) is 0.273. The van der Waals surface area contributed by atoms with Gasteiger partial charge < -0.3 is 19.2 Å². The third-order valence-electron chi connectivity index (χ3n) is 4.07. The minimum absolute atomic E-state index is 0.245. The Bertz CT molecular complexity index is 906. The van der Waals surface area contributed by atoms with Crippen LogP contribution in [0.4, 0.5) is 0 Å². The molecule has 6 nitrogen and oxygen atoms in total. The van der Waals surface area contributed by atoms with Crippen LogP contribution in [0.25, 0.3) is 11.5 Å². The largest absolute Gasteiger partial charge is 0.490 e. The van der Waals surface area contributed by atoms with Gasteiger partial charge in [0.2, 0.25) is 5.89 Å². The van der Waals surface area contributed by atoms with Gasteiger partial charge >= 0.3 is 0 Å². The zero-order chi connectivity index (χ0) is 19.8. The summed E-state index contributed by atoms with van der Waals surface area (Å²) in [6.07, 6.45) is 2.12. The summed E-state index contributed by atoms with van der Waals surface area (Å²) in [7, 11) is 0. The van der Waals surface area contributed by atoms with Gasteiger partial charge in [-0.05, 0) is 44.0 Å². The standard InChI is InChI=1S/C22H24N2O4/c1-3-26-19-11-10-17(14-20(19)27-4-2)22-24-18(15-28-22)21(25)23-13-12-16-8-6-5-7-9-16/h5-11,14-15H,3-4,12-13H2,1-2H3,(H,23,25). The van der Waals surface area contributed by atoms with Crippen LogP contribution in [0.2, 0.25) is 0 Å². The molecule has 1 heterocycles. The van der Waals surface area contributed by atoms with E-state index in [4.69, 9.17) is 13.9 Å². The van der Waals surface area contributed by atoms with E-state index in [2.05, 4.69) is 10.3 Å². The Balaban J connectivity index is 1.65. The van der Waals surface area contributed by atoms with Gasteiger partial charge in [0.15, 0.2) is 17.2 Å². The van der Waals surface area contributed by atoms with E-state index in [1.807, 2.05) is 56.3 Å². The van der Waals surface area contributed by atoms with Crippen molar-refractivity contribution in [3.63, 3.8) is 0 Å². The van der Waals surface area contributed by atoms with Crippen molar-refractivity contribution in [2.24, 2.45) is 0 Å². The predicted octanol–water partition coefficient (Wildman–Crippen LogP) is 4.11. The first kappa shape index (κ1) is 19.5. The van der Waals surface area contributed by atoms with E-state index in [-0.39, 0.29) is 11.6 Å². The Morgan fingerprint density at radius 3 is 2.54 bits per heavy atom. The number of ether oxygens (including phenoxy) is 2. The lowest BCUT2D eigenvalue weighted by molar-refractivity contribution is 0.0949. The molecule has 0 saturated carbocycles. The second-order valence-corrected chi connectivity index (χ2v) is 6.06. The van der Waals surface area contributed by atoms with E-state index < -0.39 is 0 Å². The fourth-order valence-electron chi connectivity index (χ4n) is 2.75. The van der Waals surface area contributed by atoms with Gasteiger partial charge in [0, 0.05) is 12.1 Å². The van der Waals surface area contributed by atoms with Crippen LogP contribution in [0, 0.1) is 0 Å². The van der Waals surface area contributed by atoms with Crippen molar-refractivity contribution >= 4 is 5.91 Å². The number of nitrogens with one attached hydrogen (secondary N) is 1. The summed E-state index contributed by atoms with van der Waals surface area (Å²) in [6, 6.07) is 15.4. The normalized spacial score (nSPS) is 10.5. The van der Waals surface area contributed by atoms with E-state index in [0.717, 1.165) is 12.0 Å². The number of oxazole rings is 1. The summed E-state index contributed by atoms with van der Waals surface area (Å²) in [4.78, 5) is 16.6. The number of rotatable bonds is 9. The van der Waals surface area contributed by atoms with Crippen LogP contribution < -0.4 is 14.8 Å². The van der Waals surface area contributed by atoms with E-state index in [1.165, 1.54) is 11.8 Å². The van der Waals surface area contributed by atoms with Gasteiger partial charge in [-0.1, -0.05) is 30.3 Å². The van der Waals surface area contributed by atoms with Crippen LogP contribution in [0.15, 0.2) is 59.2 Å². The van der Waals surface area contributed by atoms with Crippen LogP contribution in [0.5, 0.6) is 11.5 Å². The number of carbonyl (C=O) groups excluding carboxylic acids is 1. The molecule has 0 aliphatic rings. The van der Waals surface area contributed by atoms with E-state index in [0.29, 0.717) is 37.1 Å². The van der Waals surface area contributed by atoms with Crippen LogP contribution in [0.1, 0.15) is 29.9 Å². The number of amides is 1. The molecule has 2 aromatic carbocycles. The monoisotopic (exact) mass is 380 g/mol. The molecule has 0 fully saturated rings. The van der Waals surface area contributed by atoms with Crippen molar-refractivity contribution in [2.75, 3.05) is 19.8 Å². The van der Waals surface area contributed by atoms with E-state index in [9.17, 15) is 4.79 Å². The van der Waals surface area contributed by atoms with E-state index in [1.54, 1.807) is 6.07 Å². The molecule has 0 unspecified atom stereocenters. The van der Waals surface area contributed by atoms with Crippen LogP contribution in [0.3, 0.4) is 0 Å². The highest BCUT2D eigenvalue weighted by molar-refractivity contribution is 5.92. The zero-order valence-electron chi connectivity index (χ0n) is 16.1. The number of hydrogen-bond acceptors (Lipinski definition) is 5. The average Bonchev–Trinajstić information content (AvgIpc) is 3.21. The SMILES string of the molecule is CCOc1ccc(-c2nc(C(=O)NCCc3ccccc3)co2)cc1OCC. The van der Waals surface area contributed by atoms with Gasteiger partial charge in [0.25, 0.3) is 5.91 Å². The number of carbonyl (C=O) groups is 1. The maximum absolute atomic E-state index is 12.3. The number of aromatic nitrogens is 1. The average molecular weight is 380 g/mol. The second kappa shape index (κ2) is 9.60. The molecule has 1 aromatic heterocycles. The maximum atomic E-state index is 12.3. The smallest absolute Gasteiger partial charge is 0.273 e. The summed E-state index contributed by atoms with van der Waals surface area (Å²) < 4.78 is 16.7. The Morgan fingerprint density at radius 2 is 1.79 bits per heavy atom. The zero-order valence-corrected chi connectivity index (χ0v) is 16.1. The Morgan fingerprint density at radius 1 is 1.04 bits per heavy atom. The molecular weight excluding hydrogens is 356 g/mol. The van der Waals surface area contributed by atoms with Gasteiger partial charge in [-0.15, -0.1) is 0 Å². The Labute approximate surface area is 164 Å². The van der Waals surface area contributed by atoms with Gasteiger partial charge in [-0.25, -0.2) is 4.98 Å². The quantitative estimate of drug-likeness (QED) is 0.605. The van der Waals surface area contributed by atoms with Gasteiger partial charge in [-0.2, -0.15) is 0 Å². The van der Waals surface area contributed by atoms with Gasteiger partial charge in [0.05, 0.1) is 13.2 Å². The van der Waals surface area contributed by atoms with Gasteiger partial charge in [-0.3, -0.25) is 4.79 Å². The van der Waals surface area contributed by atoms with Gasteiger partial charge in [0.1, 0.15) is 6.26 Å². The molecule has 0 saturated heterocycles. The molecule has 0 spiro atoms. The van der Waals surface area contributed by atoms with Crippen LogP contribution in [-0.4, -0.2) is 30.6 Å². The summed E-state index contributed by atoms with van der Waals surface area (Å²) in [5, 5.41) is 2.86. The first-order valence-corrected chi connectivity index (χ1v) is 9.39. The lowest BCUT2D eigenvalue weighted by Gasteiger charge is -2.11. The summed E-state index contributed by atoms with van der Waals surface area (Å²) in [5.41, 5.74) is 2.13. The van der Waals surface area contributed by atoms with Crippen molar-refractivity contribution < 1.29 is 18.7 Å². The van der Waals surface area contributed by atoms with Crippen molar-refractivity contribution in [3.8, 4) is 23.0 Å². The topological polar surface area (TPSA) is 73.6 Å². The highest BCUT2D eigenvalue weighted by atomic mass is 16.5. The molecule has 28 heavy (non-hydrogen) atoms. The Kier molecular flexibility index (Phi) is 6.68. The molecule has 3 aromatic rings. The number of benzene rings is 2. The van der Waals surface area contributed by atoms with Crippen LogP contribution >= 0.6 is 0 Å². The van der Waals surface area contributed by atoms with Crippen LogP contribution in [-0.2, 0) is 6.42 Å². The van der Waals surface area contributed by atoms with Crippen molar-refractivity contribution in [1.82, 2.24) is 10.3 Å². The van der Waals surface area contributed by atoms with E-state index >= 15 is 0 Å². The first-order valence-electron chi connectivity index (χ1n) is 9.39. The summed E-state index contributed by atoms with van der Waals surface area (Å²) >= 11 is 0. The molecule has 0 radical (unpaired) electrons. The third kappa shape index (κ3) is 4.91. The number of hydrogen-bond donors (Lipinski definition) is 1. The Hall–Kier alpha value is -3.28. The molecule has 6 heteroatoms. The molecule has 0 aliphatic heterocycles. The minimum Gasteiger partial charge on any atom is -0.490 e. The fourth-order valence-corrected chi connectivity index (χ4v) is 2.75. The highest BCUT2D eigenvalue weighted by Crippen LogP contribution is 2.32. The van der Waals surface area contributed by atoms with Crippen molar-refractivity contribution in [2.45, 2.75) is 20.3 Å². The lowest BCUT2D eigenvalue weighted by Crippen LogP contribution is -2.25. The second-order valence-electron chi connectivity index (χ2n) is 6.06. The van der Waals surface area contributed by atoms with Crippen molar-refractivity contribution in [3.05, 3.63) is 66.1 Å². The molecule has 146 valence electrons. The number of nitrogens with zero attached hydrogens (tertiary/aromatic N) is 1. The lowest BCUT2D eigenvalue weighted by atomic mass is 10.1. The molecule has 0 aliphatic carbocycles. The molecule has 0 bridgehead atoms. The third-order valence-corrected chi connectivity index (χ3v) is 4.07. The summed E-state index contributed by atoms with van der Waals surface area (Å²) in [6.45, 7) is 5.42. The minimum atomic E-state index is -0.262. The predicted molar refractivity (Wildman–Crippen MR) is 107 cm³/mol. The molecule has 1 N–H and O–H groups in total. The summed E-state index contributed by atoms with van der Waals surface area (Å²) in [5.74, 6) is 1.38. The highest BCUT2D eigenvalue weighted by Gasteiger charge is 2.15. The molecule has 3 rings (SSSR count). The first-order chi connectivity index (χ1) is 13.7. The molecule has 1 amide bonds.